The van der Waals surface area contributed by atoms with Gasteiger partial charge in [-0.05, 0) is 56.1 Å². The number of aryl methyl sites for hydroxylation is 1. The topological polar surface area (TPSA) is 125 Å². The van der Waals surface area contributed by atoms with Crippen LogP contribution < -0.4 is 5.32 Å². The number of hydrogen-bond acceptors (Lipinski definition) is 6. The molecule has 1 aliphatic rings. The molecule has 1 aliphatic heterocycles. The number of H-pyrrole nitrogens is 1. The average Bonchev–Trinajstić information content (AvgIpc) is 3.58. The third-order valence-electron chi connectivity index (χ3n) is 5.83. The number of pyridine rings is 1. The van der Waals surface area contributed by atoms with Gasteiger partial charge in [0.05, 0.1) is 16.3 Å². The number of hydrogen-bond donors (Lipinski definition) is 3. The molecule has 11 heteroatoms. The van der Waals surface area contributed by atoms with Crippen LogP contribution in [0.2, 0.25) is 5.02 Å². The lowest BCUT2D eigenvalue weighted by Gasteiger charge is -2.15. The SMILES string of the molecule is Cc1cnc(NC(=O)O)cc1-n1cc(-c2ncn[nH]2)c(-c2cc(CN3CCCC3)ccc2Cl)n1. The summed E-state index contributed by atoms with van der Waals surface area (Å²) in [7, 11) is 0. The quantitative estimate of drug-likeness (QED) is 0.375. The molecular weight excluding hydrogens is 456 g/mol. The molecule has 10 nitrogen and oxygen atoms in total. The summed E-state index contributed by atoms with van der Waals surface area (Å²) in [5.74, 6) is 0.759. The zero-order valence-corrected chi connectivity index (χ0v) is 19.2. The van der Waals surface area contributed by atoms with Crippen molar-refractivity contribution in [1.29, 1.82) is 0 Å². The maximum Gasteiger partial charge on any atom is 0.410 e. The van der Waals surface area contributed by atoms with Crippen LogP contribution in [0.1, 0.15) is 24.0 Å². The summed E-state index contributed by atoms with van der Waals surface area (Å²) < 4.78 is 1.68. The molecule has 3 N–H and O–H groups in total. The van der Waals surface area contributed by atoms with E-state index in [9.17, 15) is 4.79 Å². The Kier molecular flexibility index (Phi) is 5.99. The van der Waals surface area contributed by atoms with Gasteiger partial charge >= 0.3 is 6.09 Å². The fourth-order valence-corrected chi connectivity index (χ4v) is 4.40. The second kappa shape index (κ2) is 9.24. The third-order valence-corrected chi connectivity index (χ3v) is 6.16. The molecule has 5 rings (SSSR count). The molecule has 174 valence electrons. The lowest BCUT2D eigenvalue weighted by molar-refractivity contribution is 0.209. The molecule has 0 saturated carbocycles. The summed E-state index contributed by atoms with van der Waals surface area (Å²) >= 11 is 6.66. The number of aromatic nitrogens is 6. The smallest absolute Gasteiger partial charge is 0.410 e. The molecule has 1 saturated heterocycles. The third kappa shape index (κ3) is 4.50. The van der Waals surface area contributed by atoms with Crippen molar-refractivity contribution in [1.82, 2.24) is 34.8 Å². The largest absolute Gasteiger partial charge is 0.465 e. The van der Waals surface area contributed by atoms with Gasteiger partial charge in [0.15, 0.2) is 5.82 Å². The van der Waals surface area contributed by atoms with E-state index >= 15 is 0 Å². The van der Waals surface area contributed by atoms with Gasteiger partial charge in [0.25, 0.3) is 0 Å². The van der Waals surface area contributed by atoms with Crippen LogP contribution in [0, 0.1) is 6.92 Å². The fraction of sp³-hybridized carbons (Fsp3) is 0.261. The molecule has 3 aromatic heterocycles. The van der Waals surface area contributed by atoms with Crippen LogP contribution in [0.5, 0.6) is 0 Å². The van der Waals surface area contributed by atoms with Crippen molar-refractivity contribution in [2.75, 3.05) is 18.4 Å². The Labute approximate surface area is 200 Å². The van der Waals surface area contributed by atoms with E-state index in [1.54, 1.807) is 16.9 Å². The van der Waals surface area contributed by atoms with Crippen molar-refractivity contribution in [2.45, 2.75) is 26.3 Å². The number of carbonyl (C=O) groups is 1. The van der Waals surface area contributed by atoms with Gasteiger partial charge in [0.1, 0.15) is 17.8 Å². The Balaban J connectivity index is 1.61. The molecular formula is C23H23ClN8O2. The number of halogens is 1. The molecule has 0 unspecified atom stereocenters. The monoisotopic (exact) mass is 478 g/mol. The molecule has 0 aliphatic carbocycles. The predicted molar refractivity (Wildman–Crippen MR) is 128 cm³/mol. The summed E-state index contributed by atoms with van der Waals surface area (Å²) in [6.45, 7) is 4.94. The minimum absolute atomic E-state index is 0.206. The molecule has 1 aromatic carbocycles. The molecule has 1 amide bonds. The Bertz CT molecular complexity index is 1330. The van der Waals surface area contributed by atoms with E-state index < -0.39 is 6.09 Å². The first-order valence-electron chi connectivity index (χ1n) is 10.9. The van der Waals surface area contributed by atoms with Crippen LogP contribution in [0.3, 0.4) is 0 Å². The van der Waals surface area contributed by atoms with Crippen LogP contribution in [-0.4, -0.2) is 59.1 Å². The lowest BCUT2D eigenvalue weighted by atomic mass is 10.0. The molecule has 0 spiro atoms. The van der Waals surface area contributed by atoms with Crippen LogP contribution in [-0.2, 0) is 6.54 Å². The predicted octanol–water partition coefficient (Wildman–Crippen LogP) is 4.37. The summed E-state index contributed by atoms with van der Waals surface area (Å²) in [4.78, 5) is 22.0. The number of aromatic amines is 1. The van der Waals surface area contributed by atoms with Gasteiger partial charge in [-0.3, -0.25) is 15.3 Å². The highest BCUT2D eigenvalue weighted by atomic mass is 35.5. The van der Waals surface area contributed by atoms with E-state index in [0.29, 0.717) is 22.2 Å². The number of anilines is 1. The molecule has 4 aromatic rings. The number of carboxylic acid groups (broad SMARTS) is 1. The normalized spacial score (nSPS) is 13.9. The van der Waals surface area contributed by atoms with Crippen LogP contribution in [0.25, 0.3) is 28.3 Å². The van der Waals surface area contributed by atoms with E-state index in [-0.39, 0.29) is 5.82 Å². The highest BCUT2D eigenvalue weighted by molar-refractivity contribution is 6.33. The summed E-state index contributed by atoms with van der Waals surface area (Å²) in [6.07, 6.45) is 6.13. The molecule has 34 heavy (non-hydrogen) atoms. The highest BCUT2D eigenvalue weighted by Crippen LogP contribution is 2.36. The van der Waals surface area contributed by atoms with Crippen molar-refractivity contribution < 1.29 is 9.90 Å². The van der Waals surface area contributed by atoms with Gasteiger partial charge in [-0.1, -0.05) is 17.7 Å². The number of nitrogens with one attached hydrogen (secondary N) is 2. The Hall–Kier alpha value is -3.76. The summed E-state index contributed by atoms with van der Waals surface area (Å²) in [6, 6.07) is 7.66. The van der Waals surface area contributed by atoms with Crippen molar-refractivity contribution in [3.05, 3.63) is 59.1 Å². The Morgan fingerprint density at radius 2 is 2.03 bits per heavy atom. The maximum absolute atomic E-state index is 11.1. The van der Waals surface area contributed by atoms with Crippen molar-refractivity contribution >= 4 is 23.5 Å². The Morgan fingerprint density at radius 3 is 2.76 bits per heavy atom. The van der Waals surface area contributed by atoms with E-state index in [0.717, 1.165) is 41.9 Å². The van der Waals surface area contributed by atoms with Gasteiger partial charge in [0, 0.05) is 30.6 Å². The molecule has 0 atom stereocenters. The second-order valence-electron chi connectivity index (χ2n) is 8.25. The minimum atomic E-state index is -1.19. The zero-order valence-electron chi connectivity index (χ0n) is 18.5. The van der Waals surface area contributed by atoms with Gasteiger partial charge in [-0.25, -0.2) is 19.4 Å². The summed E-state index contributed by atoms with van der Waals surface area (Å²) in [5, 5.41) is 23.7. The molecule has 4 heterocycles. The van der Waals surface area contributed by atoms with E-state index in [1.807, 2.05) is 25.3 Å². The van der Waals surface area contributed by atoms with Gasteiger partial charge in [-0.15, -0.1) is 0 Å². The van der Waals surface area contributed by atoms with Crippen molar-refractivity contribution in [2.24, 2.45) is 0 Å². The fourth-order valence-electron chi connectivity index (χ4n) is 4.19. The lowest BCUT2D eigenvalue weighted by Crippen LogP contribution is -2.18. The van der Waals surface area contributed by atoms with E-state index in [4.69, 9.17) is 21.8 Å². The first kappa shape index (κ1) is 22.1. The first-order chi connectivity index (χ1) is 16.5. The maximum atomic E-state index is 11.1. The number of nitrogens with zero attached hydrogens (tertiary/aromatic N) is 6. The molecule has 0 bridgehead atoms. The van der Waals surface area contributed by atoms with E-state index in [1.165, 1.54) is 19.2 Å². The van der Waals surface area contributed by atoms with Crippen LogP contribution in [0.15, 0.2) is 43.0 Å². The molecule has 1 fully saturated rings. The van der Waals surface area contributed by atoms with Crippen LogP contribution >= 0.6 is 11.6 Å². The van der Waals surface area contributed by atoms with Gasteiger partial charge < -0.3 is 5.11 Å². The minimum Gasteiger partial charge on any atom is -0.465 e. The standard InChI is InChI=1S/C23H23ClN8O2/c1-14-10-25-20(28-23(33)34)9-19(14)32-12-17(22-26-13-27-29-22)21(30-32)16-8-15(4-5-18(16)24)11-31-6-2-3-7-31/h4-5,8-10,12-13H,2-3,6-7,11H2,1H3,(H,25,28)(H,33,34)(H,26,27,29). The zero-order chi connectivity index (χ0) is 23.7. The molecule has 0 radical (unpaired) electrons. The van der Waals surface area contributed by atoms with Crippen LogP contribution in [0.4, 0.5) is 10.6 Å². The highest BCUT2D eigenvalue weighted by Gasteiger charge is 2.21. The number of likely N-dealkylation sites (tertiary alicyclic amines) is 1. The Morgan fingerprint density at radius 1 is 1.21 bits per heavy atom. The number of rotatable bonds is 6. The van der Waals surface area contributed by atoms with E-state index in [2.05, 4.69) is 36.4 Å². The first-order valence-corrected chi connectivity index (χ1v) is 11.3. The average molecular weight is 479 g/mol. The van der Waals surface area contributed by atoms with Crippen molar-refractivity contribution in [3.63, 3.8) is 0 Å². The second-order valence-corrected chi connectivity index (χ2v) is 8.66. The van der Waals surface area contributed by atoms with Gasteiger partial charge in [-0.2, -0.15) is 10.2 Å². The summed E-state index contributed by atoms with van der Waals surface area (Å²) in [5.41, 5.74) is 4.82. The van der Waals surface area contributed by atoms with Gasteiger partial charge in [0.2, 0.25) is 0 Å². The van der Waals surface area contributed by atoms with Crippen molar-refractivity contribution in [3.8, 4) is 28.3 Å². The number of benzene rings is 1. The number of amides is 1.